The Morgan fingerprint density at radius 1 is 1.33 bits per heavy atom. The Morgan fingerprint density at radius 2 is 2.00 bits per heavy atom. The molecule has 0 bridgehead atoms. The second-order valence-electron chi connectivity index (χ2n) is 2.60. The minimum Gasteiger partial charge on any atom is -0.505 e. The van der Waals surface area contributed by atoms with Crippen LogP contribution in [0.25, 0.3) is 5.76 Å². The van der Waals surface area contributed by atoms with Crippen LogP contribution >= 0.6 is 0 Å². The maximum Gasteiger partial charge on any atom is 0.362 e. The van der Waals surface area contributed by atoms with Gasteiger partial charge in [-0.05, 0) is 17.3 Å². The zero-order valence-electron chi connectivity index (χ0n) is 7.35. The van der Waals surface area contributed by atoms with E-state index in [0.29, 0.717) is 0 Å². The van der Waals surface area contributed by atoms with Crippen molar-refractivity contribution >= 4 is 11.7 Å². The Balaban J connectivity index is 3.28. The number of aliphatic hydroxyl groups is 1. The van der Waals surface area contributed by atoms with Gasteiger partial charge in [-0.2, -0.15) is 0 Å². The van der Waals surface area contributed by atoms with Crippen molar-refractivity contribution in [3.63, 3.8) is 0 Å². The number of nitrogens with zero attached hydrogens (tertiary/aromatic N) is 1. The van der Waals surface area contributed by atoms with Gasteiger partial charge in [0, 0.05) is 5.56 Å². The van der Waals surface area contributed by atoms with Crippen LogP contribution in [0, 0.1) is 10.7 Å². The lowest BCUT2D eigenvalue weighted by molar-refractivity contribution is -0.132. The molecule has 0 aromatic heterocycles. The van der Waals surface area contributed by atoms with E-state index < -0.39 is 23.2 Å². The van der Waals surface area contributed by atoms with Gasteiger partial charge in [0.25, 0.3) is 0 Å². The summed E-state index contributed by atoms with van der Waals surface area (Å²) in [7, 11) is 0. The van der Waals surface area contributed by atoms with E-state index in [1.165, 1.54) is 12.1 Å². The standard InChI is InChI=1S/C9H6FNO4/c10-6-3-1-2-5(4-6)8(12)7(11-15)9(13)14/h1-4,12H,(H,13,14). The monoisotopic (exact) mass is 211 g/mol. The van der Waals surface area contributed by atoms with Crippen molar-refractivity contribution in [3.8, 4) is 0 Å². The van der Waals surface area contributed by atoms with Crippen molar-refractivity contribution in [2.45, 2.75) is 0 Å². The van der Waals surface area contributed by atoms with E-state index in [1.807, 2.05) is 0 Å². The third kappa shape index (κ3) is 2.37. The third-order valence-electron chi connectivity index (χ3n) is 1.62. The molecular formula is C9H6FNO4. The van der Waals surface area contributed by atoms with Gasteiger partial charge < -0.3 is 10.2 Å². The highest BCUT2D eigenvalue weighted by Crippen LogP contribution is 2.17. The Labute approximate surface area is 83.4 Å². The lowest BCUT2D eigenvalue weighted by Gasteiger charge is -2.00. The van der Waals surface area contributed by atoms with E-state index in [4.69, 9.17) is 5.11 Å². The largest absolute Gasteiger partial charge is 0.505 e. The molecule has 15 heavy (non-hydrogen) atoms. The fourth-order valence-electron chi connectivity index (χ4n) is 0.956. The molecule has 0 aliphatic heterocycles. The molecule has 0 spiro atoms. The topological polar surface area (TPSA) is 87.0 Å². The number of hydrogen-bond donors (Lipinski definition) is 2. The fourth-order valence-corrected chi connectivity index (χ4v) is 0.956. The van der Waals surface area contributed by atoms with Crippen molar-refractivity contribution in [2.75, 3.05) is 0 Å². The molecular weight excluding hydrogens is 205 g/mol. The molecule has 5 nitrogen and oxygen atoms in total. The highest BCUT2D eigenvalue weighted by Gasteiger charge is 2.16. The first-order valence-electron chi connectivity index (χ1n) is 3.82. The van der Waals surface area contributed by atoms with Crippen LogP contribution in [0.1, 0.15) is 5.56 Å². The Morgan fingerprint density at radius 3 is 2.47 bits per heavy atom. The SMILES string of the molecule is O=NC(C(=O)O)=C(O)c1cccc(F)c1. The summed E-state index contributed by atoms with van der Waals surface area (Å²) in [5.41, 5.74) is -1.17. The molecule has 0 amide bonds. The molecule has 2 N–H and O–H groups in total. The predicted octanol–water partition coefficient (Wildman–Crippen LogP) is 1.90. The summed E-state index contributed by atoms with van der Waals surface area (Å²) in [4.78, 5) is 20.5. The number of rotatable bonds is 3. The summed E-state index contributed by atoms with van der Waals surface area (Å²) in [6.07, 6.45) is 0. The smallest absolute Gasteiger partial charge is 0.362 e. The van der Waals surface area contributed by atoms with Crippen LogP contribution in [0.15, 0.2) is 35.1 Å². The van der Waals surface area contributed by atoms with Crippen LogP contribution in [0.3, 0.4) is 0 Å². The molecule has 0 saturated carbocycles. The summed E-state index contributed by atoms with van der Waals surface area (Å²) in [6.45, 7) is 0. The van der Waals surface area contributed by atoms with Gasteiger partial charge in [0.2, 0.25) is 5.70 Å². The molecule has 0 aliphatic carbocycles. The first-order valence-corrected chi connectivity index (χ1v) is 3.82. The number of halogens is 1. The van der Waals surface area contributed by atoms with Crippen molar-refractivity contribution < 1.29 is 19.4 Å². The minimum absolute atomic E-state index is 0.119. The van der Waals surface area contributed by atoms with Gasteiger partial charge in [-0.3, -0.25) is 0 Å². The van der Waals surface area contributed by atoms with Crippen LogP contribution in [0.5, 0.6) is 0 Å². The highest BCUT2D eigenvalue weighted by atomic mass is 19.1. The number of benzene rings is 1. The molecule has 0 atom stereocenters. The molecule has 0 heterocycles. The van der Waals surface area contributed by atoms with Gasteiger partial charge >= 0.3 is 5.97 Å². The van der Waals surface area contributed by atoms with Crippen molar-refractivity contribution in [1.29, 1.82) is 0 Å². The first kappa shape index (κ1) is 10.8. The molecule has 6 heteroatoms. The van der Waals surface area contributed by atoms with E-state index in [-0.39, 0.29) is 5.56 Å². The molecule has 1 aromatic carbocycles. The van der Waals surface area contributed by atoms with E-state index in [0.717, 1.165) is 12.1 Å². The second kappa shape index (κ2) is 4.32. The van der Waals surface area contributed by atoms with Crippen LogP contribution in [-0.4, -0.2) is 16.2 Å². The zero-order chi connectivity index (χ0) is 11.4. The average Bonchev–Trinajstić information content (AvgIpc) is 2.18. The van der Waals surface area contributed by atoms with Gasteiger partial charge in [-0.15, -0.1) is 4.91 Å². The second-order valence-corrected chi connectivity index (χ2v) is 2.60. The van der Waals surface area contributed by atoms with Crippen LogP contribution in [0.4, 0.5) is 4.39 Å². The van der Waals surface area contributed by atoms with E-state index >= 15 is 0 Å². The van der Waals surface area contributed by atoms with Crippen LogP contribution in [-0.2, 0) is 4.79 Å². The quantitative estimate of drug-likeness (QED) is 0.454. The lowest BCUT2D eigenvalue weighted by atomic mass is 10.1. The summed E-state index contributed by atoms with van der Waals surface area (Å²) >= 11 is 0. The Kier molecular flexibility index (Phi) is 3.12. The zero-order valence-corrected chi connectivity index (χ0v) is 7.35. The Bertz CT molecular complexity index is 441. The highest BCUT2D eigenvalue weighted by molar-refractivity contribution is 5.94. The number of aliphatic hydroxyl groups excluding tert-OH is 1. The number of carboxylic acids is 1. The van der Waals surface area contributed by atoms with Gasteiger partial charge in [0.1, 0.15) is 5.82 Å². The van der Waals surface area contributed by atoms with E-state index in [2.05, 4.69) is 5.18 Å². The van der Waals surface area contributed by atoms with E-state index in [1.54, 1.807) is 0 Å². The van der Waals surface area contributed by atoms with Gasteiger partial charge in [0.15, 0.2) is 5.76 Å². The number of carboxylic acid groups (broad SMARTS) is 1. The molecule has 0 saturated heterocycles. The maximum absolute atomic E-state index is 12.7. The number of aliphatic carboxylic acids is 1. The van der Waals surface area contributed by atoms with Crippen LogP contribution in [0.2, 0.25) is 0 Å². The predicted molar refractivity (Wildman–Crippen MR) is 49.4 cm³/mol. The number of carbonyl (C=O) groups is 1. The normalized spacial score (nSPS) is 11.8. The van der Waals surface area contributed by atoms with Crippen molar-refractivity contribution in [1.82, 2.24) is 0 Å². The van der Waals surface area contributed by atoms with Gasteiger partial charge in [0.05, 0.1) is 0 Å². The summed E-state index contributed by atoms with van der Waals surface area (Å²) < 4.78 is 12.7. The van der Waals surface area contributed by atoms with Gasteiger partial charge in [-0.25, -0.2) is 9.18 Å². The number of nitroso groups, excluding NO2 is 1. The van der Waals surface area contributed by atoms with Crippen molar-refractivity contribution in [2.24, 2.45) is 5.18 Å². The molecule has 0 unspecified atom stereocenters. The molecule has 0 aliphatic rings. The van der Waals surface area contributed by atoms with Gasteiger partial charge in [-0.1, -0.05) is 12.1 Å². The van der Waals surface area contributed by atoms with E-state index in [9.17, 15) is 19.2 Å². The molecule has 0 radical (unpaired) electrons. The fraction of sp³-hybridized carbons (Fsp3) is 0. The molecule has 0 fully saturated rings. The number of hydrogen-bond acceptors (Lipinski definition) is 4. The summed E-state index contributed by atoms with van der Waals surface area (Å²) in [5.74, 6) is -3.20. The average molecular weight is 211 g/mol. The molecule has 78 valence electrons. The van der Waals surface area contributed by atoms with Crippen molar-refractivity contribution in [3.05, 3.63) is 46.3 Å². The lowest BCUT2D eigenvalue weighted by Crippen LogP contribution is -2.01. The van der Waals surface area contributed by atoms with Crippen LogP contribution < -0.4 is 0 Å². The molecule has 1 rings (SSSR count). The summed E-state index contributed by atoms with van der Waals surface area (Å²) in [5, 5.41) is 19.9. The Hall–Kier alpha value is -2.24. The maximum atomic E-state index is 12.7. The first-order chi connectivity index (χ1) is 7.06. The minimum atomic E-state index is -1.67. The molecule has 1 aromatic rings. The third-order valence-corrected chi connectivity index (χ3v) is 1.62. The summed E-state index contributed by atoms with van der Waals surface area (Å²) in [6, 6.07) is 4.53.